The molecule has 2 aromatic rings. The quantitative estimate of drug-likeness (QED) is 0.917. The highest BCUT2D eigenvalue weighted by Gasteiger charge is 2.14. The minimum absolute atomic E-state index is 0.0321. The summed E-state index contributed by atoms with van der Waals surface area (Å²) >= 11 is 5.87. The van der Waals surface area contributed by atoms with Crippen molar-refractivity contribution in [3.8, 4) is 11.5 Å². The molecule has 1 aromatic carbocycles. The molecule has 7 heteroatoms. The summed E-state index contributed by atoms with van der Waals surface area (Å²) in [5, 5.41) is 9.65. The summed E-state index contributed by atoms with van der Waals surface area (Å²) in [6.07, 6.45) is 1.51. The van der Waals surface area contributed by atoms with Crippen molar-refractivity contribution in [2.75, 3.05) is 7.11 Å². The first-order chi connectivity index (χ1) is 9.52. The molecule has 2 rings (SSSR count). The maximum atomic E-state index is 11.2. The second-order valence-electron chi connectivity index (χ2n) is 4.01. The smallest absolute Gasteiger partial charge is 0.339 e. The van der Waals surface area contributed by atoms with Gasteiger partial charge in [-0.1, -0.05) is 11.6 Å². The van der Waals surface area contributed by atoms with Gasteiger partial charge in [-0.3, -0.25) is 0 Å². The Hall–Kier alpha value is -2.21. The van der Waals surface area contributed by atoms with Crippen LogP contribution < -0.4 is 9.47 Å². The van der Waals surface area contributed by atoms with Crippen LogP contribution in [-0.2, 0) is 13.7 Å². The molecule has 0 radical (unpaired) electrons. The molecule has 0 atom stereocenters. The number of nitrogens with zero attached hydrogens (tertiary/aromatic N) is 2. The second-order valence-corrected chi connectivity index (χ2v) is 4.40. The Bertz CT molecular complexity index is 639. The SMILES string of the molecule is COc1ccc(OCc2ncc(Cl)n2C)c(C(=O)O)c1. The molecule has 0 unspecified atom stereocenters. The van der Waals surface area contributed by atoms with Gasteiger partial charge in [0.1, 0.15) is 34.6 Å². The van der Waals surface area contributed by atoms with Crippen molar-refractivity contribution in [3.63, 3.8) is 0 Å². The Morgan fingerprint density at radius 2 is 2.25 bits per heavy atom. The fraction of sp³-hybridized carbons (Fsp3) is 0.231. The standard InChI is InChI=1S/C13H13ClN2O4/c1-16-11(14)6-15-12(16)7-20-10-4-3-8(19-2)5-9(10)13(17)18/h3-6H,7H2,1-2H3,(H,17,18). The highest BCUT2D eigenvalue weighted by molar-refractivity contribution is 6.29. The van der Waals surface area contributed by atoms with Gasteiger partial charge >= 0.3 is 5.97 Å². The minimum atomic E-state index is -1.09. The highest BCUT2D eigenvalue weighted by atomic mass is 35.5. The van der Waals surface area contributed by atoms with E-state index >= 15 is 0 Å². The van der Waals surface area contributed by atoms with Crippen molar-refractivity contribution < 1.29 is 19.4 Å². The lowest BCUT2D eigenvalue weighted by Gasteiger charge is -2.10. The molecule has 0 bridgehead atoms. The van der Waals surface area contributed by atoms with Crippen molar-refractivity contribution in [3.05, 3.63) is 40.9 Å². The van der Waals surface area contributed by atoms with Gasteiger partial charge in [-0.2, -0.15) is 0 Å². The number of hydrogen-bond acceptors (Lipinski definition) is 4. The van der Waals surface area contributed by atoms with Crippen LogP contribution in [0.5, 0.6) is 11.5 Å². The minimum Gasteiger partial charge on any atom is -0.497 e. The fourth-order valence-electron chi connectivity index (χ4n) is 1.63. The lowest BCUT2D eigenvalue weighted by atomic mass is 10.2. The third kappa shape index (κ3) is 2.85. The molecule has 0 amide bonds. The van der Waals surface area contributed by atoms with Crippen LogP contribution in [0.2, 0.25) is 5.15 Å². The van der Waals surface area contributed by atoms with E-state index in [9.17, 15) is 4.79 Å². The van der Waals surface area contributed by atoms with E-state index in [2.05, 4.69) is 4.98 Å². The summed E-state index contributed by atoms with van der Waals surface area (Å²) < 4.78 is 12.2. The van der Waals surface area contributed by atoms with E-state index in [1.807, 2.05) is 0 Å². The molecular formula is C13H13ClN2O4. The van der Waals surface area contributed by atoms with Gasteiger partial charge in [-0.15, -0.1) is 0 Å². The zero-order chi connectivity index (χ0) is 14.7. The molecule has 0 aliphatic rings. The second kappa shape index (κ2) is 5.83. The van der Waals surface area contributed by atoms with E-state index in [1.165, 1.54) is 19.4 Å². The van der Waals surface area contributed by atoms with Crippen molar-refractivity contribution in [1.29, 1.82) is 0 Å². The van der Waals surface area contributed by atoms with Crippen LogP contribution in [0.1, 0.15) is 16.2 Å². The number of carboxylic acid groups (broad SMARTS) is 1. The number of imidazole rings is 1. The molecule has 0 aliphatic carbocycles. The number of benzene rings is 1. The molecule has 0 spiro atoms. The normalized spacial score (nSPS) is 10.3. The summed E-state index contributed by atoms with van der Waals surface area (Å²) in [4.78, 5) is 15.3. The first-order valence-corrected chi connectivity index (χ1v) is 6.11. The predicted molar refractivity (Wildman–Crippen MR) is 72.5 cm³/mol. The van der Waals surface area contributed by atoms with Gasteiger partial charge in [-0.25, -0.2) is 9.78 Å². The first-order valence-electron chi connectivity index (χ1n) is 5.73. The van der Waals surface area contributed by atoms with Crippen molar-refractivity contribution >= 4 is 17.6 Å². The van der Waals surface area contributed by atoms with E-state index in [1.54, 1.807) is 23.7 Å². The zero-order valence-electron chi connectivity index (χ0n) is 11.0. The number of rotatable bonds is 5. The number of aromatic carboxylic acids is 1. The van der Waals surface area contributed by atoms with Gasteiger partial charge in [-0.05, 0) is 18.2 Å². The van der Waals surface area contributed by atoms with Crippen molar-refractivity contribution in [2.24, 2.45) is 7.05 Å². The van der Waals surface area contributed by atoms with Crippen molar-refractivity contribution in [1.82, 2.24) is 9.55 Å². The maximum Gasteiger partial charge on any atom is 0.339 e. The van der Waals surface area contributed by atoms with Crippen LogP contribution in [0.4, 0.5) is 0 Å². The molecule has 0 saturated carbocycles. The summed E-state index contributed by atoms with van der Waals surface area (Å²) in [5.74, 6) is 0.214. The van der Waals surface area contributed by atoms with E-state index in [0.717, 1.165) is 0 Å². The molecular weight excluding hydrogens is 284 g/mol. The number of carbonyl (C=O) groups is 1. The number of aromatic nitrogens is 2. The van der Waals surface area contributed by atoms with Gasteiger partial charge in [0.2, 0.25) is 0 Å². The number of ether oxygens (including phenoxy) is 2. The van der Waals surface area contributed by atoms with E-state index in [4.69, 9.17) is 26.2 Å². The van der Waals surface area contributed by atoms with Gasteiger partial charge in [0.05, 0.1) is 13.3 Å². The summed E-state index contributed by atoms with van der Waals surface area (Å²) in [6, 6.07) is 4.59. The monoisotopic (exact) mass is 296 g/mol. The molecule has 0 aliphatic heterocycles. The predicted octanol–water partition coefficient (Wildman–Crippen LogP) is 2.36. The van der Waals surface area contributed by atoms with E-state index in [-0.39, 0.29) is 17.9 Å². The number of carboxylic acids is 1. The lowest BCUT2D eigenvalue weighted by Crippen LogP contribution is -2.07. The third-order valence-electron chi connectivity index (χ3n) is 2.80. The Morgan fingerprint density at radius 3 is 2.80 bits per heavy atom. The van der Waals surface area contributed by atoms with Crippen LogP contribution >= 0.6 is 11.6 Å². The Balaban J connectivity index is 2.21. The largest absolute Gasteiger partial charge is 0.497 e. The number of hydrogen-bond donors (Lipinski definition) is 1. The van der Waals surface area contributed by atoms with Gasteiger partial charge < -0.3 is 19.1 Å². The Labute approximate surface area is 120 Å². The molecule has 106 valence electrons. The zero-order valence-corrected chi connectivity index (χ0v) is 11.7. The molecule has 1 heterocycles. The lowest BCUT2D eigenvalue weighted by molar-refractivity contribution is 0.0691. The van der Waals surface area contributed by atoms with Crippen molar-refractivity contribution in [2.45, 2.75) is 6.61 Å². The van der Waals surface area contributed by atoms with Gasteiger partial charge in [0, 0.05) is 7.05 Å². The molecule has 0 saturated heterocycles. The average Bonchev–Trinajstić information content (AvgIpc) is 2.76. The number of methoxy groups -OCH3 is 1. The van der Waals surface area contributed by atoms with Crippen LogP contribution in [0, 0.1) is 0 Å². The highest BCUT2D eigenvalue weighted by Crippen LogP contribution is 2.25. The van der Waals surface area contributed by atoms with Crippen LogP contribution in [0.15, 0.2) is 24.4 Å². The maximum absolute atomic E-state index is 11.2. The molecule has 6 nitrogen and oxygen atoms in total. The van der Waals surface area contributed by atoms with Gasteiger partial charge in [0.25, 0.3) is 0 Å². The number of halogens is 1. The summed E-state index contributed by atoms with van der Waals surface area (Å²) in [6.45, 7) is 0.121. The van der Waals surface area contributed by atoms with Crippen LogP contribution in [0.3, 0.4) is 0 Å². The first kappa shape index (κ1) is 14.2. The molecule has 20 heavy (non-hydrogen) atoms. The molecule has 1 N–H and O–H groups in total. The third-order valence-corrected chi connectivity index (χ3v) is 3.15. The fourth-order valence-corrected chi connectivity index (χ4v) is 1.78. The summed E-state index contributed by atoms with van der Waals surface area (Å²) in [7, 11) is 3.22. The molecule has 1 aromatic heterocycles. The van der Waals surface area contributed by atoms with E-state index < -0.39 is 5.97 Å². The van der Waals surface area contributed by atoms with Crippen LogP contribution in [0.25, 0.3) is 0 Å². The average molecular weight is 297 g/mol. The summed E-state index contributed by atoms with van der Waals surface area (Å²) in [5.41, 5.74) is 0.0321. The Kier molecular flexibility index (Phi) is 4.14. The topological polar surface area (TPSA) is 73.6 Å². The Morgan fingerprint density at radius 1 is 1.50 bits per heavy atom. The van der Waals surface area contributed by atoms with Gasteiger partial charge in [0.15, 0.2) is 0 Å². The molecule has 0 fully saturated rings. The van der Waals surface area contributed by atoms with Crippen LogP contribution in [-0.4, -0.2) is 27.7 Å². The van der Waals surface area contributed by atoms with E-state index in [0.29, 0.717) is 16.7 Å².